The Balaban J connectivity index is 1.73. The Morgan fingerprint density at radius 1 is 1.18 bits per heavy atom. The lowest BCUT2D eigenvalue weighted by molar-refractivity contribution is -0.125. The fraction of sp³-hybridized carbons (Fsp3) is 0.133. The van der Waals surface area contributed by atoms with Gasteiger partial charge in [-0.15, -0.1) is 0 Å². The van der Waals surface area contributed by atoms with Crippen LogP contribution in [0.5, 0.6) is 17.2 Å². The lowest BCUT2D eigenvalue weighted by Crippen LogP contribution is -2.40. The number of carbonyl (C=O) groups excluding carboxylic acids is 1. The molecule has 2 N–H and O–H groups in total. The van der Waals surface area contributed by atoms with Gasteiger partial charge in [0.25, 0.3) is 5.91 Å². The molecule has 0 fully saturated rings. The third-order valence-corrected chi connectivity index (χ3v) is 3.66. The number of hydrogen-bond acceptors (Lipinski definition) is 4. The van der Waals surface area contributed by atoms with Gasteiger partial charge in [-0.2, -0.15) is 0 Å². The van der Waals surface area contributed by atoms with Gasteiger partial charge in [-0.25, -0.2) is 0 Å². The van der Waals surface area contributed by atoms with Gasteiger partial charge in [0.05, 0.1) is 10.0 Å². The third kappa shape index (κ3) is 2.91. The molecule has 3 rings (SSSR count). The summed E-state index contributed by atoms with van der Waals surface area (Å²) in [6.07, 6.45) is -0.791. The van der Waals surface area contributed by atoms with Crippen LogP contribution in [0, 0.1) is 0 Å². The molecule has 0 saturated heterocycles. The molecule has 7 heteroatoms. The number of ether oxygens (including phenoxy) is 2. The van der Waals surface area contributed by atoms with Crippen LogP contribution in [0.25, 0.3) is 0 Å². The van der Waals surface area contributed by atoms with Crippen LogP contribution in [0.2, 0.25) is 10.0 Å². The highest BCUT2D eigenvalue weighted by atomic mass is 35.5. The van der Waals surface area contributed by atoms with Crippen molar-refractivity contribution in [3.8, 4) is 17.2 Å². The molecule has 0 saturated carbocycles. The number of hydrogen-bond donors (Lipinski definition) is 2. The van der Waals surface area contributed by atoms with Gasteiger partial charge in [-0.3, -0.25) is 4.79 Å². The van der Waals surface area contributed by atoms with E-state index in [9.17, 15) is 9.90 Å². The summed E-state index contributed by atoms with van der Waals surface area (Å²) in [5.74, 6) is 0.484. The van der Waals surface area contributed by atoms with Gasteiger partial charge in [0, 0.05) is 5.69 Å². The lowest BCUT2D eigenvalue weighted by atomic mass is 10.2. The summed E-state index contributed by atoms with van der Waals surface area (Å²) < 4.78 is 11.1. The van der Waals surface area contributed by atoms with Crippen LogP contribution in [0.1, 0.15) is 0 Å². The molecule has 1 heterocycles. The Kier molecular flexibility index (Phi) is 4.00. The van der Waals surface area contributed by atoms with Crippen molar-refractivity contribution in [3.63, 3.8) is 0 Å². The van der Waals surface area contributed by atoms with Crippen LogP contribution in [0.4, 0.5) is 5.69 Å². The van der Waals surface area contributed by atoms with E-state index in [-0.39, 0.29) is 22.4 Å². The molecule has 1 amide bonds. The van der Waals surface area contributed by atoms with Gasteiger partial charge in [0.15, 0.2) is 17.2 Å². The number of amides is 1. The molecule has 22 heavy (non-hydrogen) atoms. The highest BCUT2D eigenvalue weighted by molar-refractivity contribution is 6.37. The number of aromatic hydroxyl groups is 1. The first-order valence-corrected chi connectivity index (χ1v) is 7.17. The van der Waals surface area contributed by atoms with E-state index in [2.05, 4.69) is 5.32 Å². The molecule has 0 bridgehead atoms. The van der Waals surface area contributed by atoms with E-state index in [1.54, 1.807) is 18.2 Å². The second-order valence-corrected chi connectivity index (χ2v) is 5.46. The number of anilines is 1. The number of phenols is 1. The van der Waals surface area contributed by atoms with Crippen molar-refractivity contribution in [3.05, 3.63) is 46.4 Å². The quantitative estimate of drug-likeness (QED) is 0.822. The maximum absolute atomic E-state index is 12.2. The number of nitrogens with one attached hydrogen (secondary N) is 1. The minimum atomic E-state index is -0.791. The summed E-state index contributed by atoms with van der Waals surface area (Å²) in [5, 5.41) is 12.2. The van der Waals surface area contributed by atoms with E-state index >= 15 is 0 Å². The highest BCUT2D eigenvalue weighted by Gasteiger charge is 2.27. The molecule has 0 aliphatic carbocycles. The summed E-state index contributed by atoms with van der Waals surface area (Å²) in [4.78, 5) is 12.2. The van der Waals surface area contributed by atoms with Crippen molar-refractivity contribution in [2.75, 3.05) is 11.9 Å². The number of carbonyl (C=O) groups is 1. The SMILES string of the molecule is O=C(Nc1cc(Cl)c(O)c(Cl)c1)C1COc2ccccc2O1. The molecule has 0 radical (unpaired) electrons. The minimum Gasteiger partial charge on any atom is -0.505 e. The lowest BCUT2D eigenvalue weighted by Gasteiger charge is -2.25. The van der Waals surface area contributed by atoms with Crippen molar-refractivity contribution >= 4 is 34.8 Å². The van der Waals surface area contributed by atoms with Gasteiger partial charge in [0.1, 0.15) is 6.61 Å². The highest BCUT2D eigenvalue weighted by Crippen LogP contribution is 2.35. The zero-order valence-corrected chi connectivity index (χ0v) is 12.7. The van der Waals surface area contributed by atoms with E-state index in [1.165, 1.54) is 12.1 Å². The van der Waals surface area contributed by atoms with Crippen LogP contribution >= 0.6 is 23.2 Å². The first-order chi connectivity index (χ1) is 10.5. The maximum atomic E-state index is 12.2. The average molecular weight is 340 g/mol. The smallest absolute Gasteiger partial charge is 0.269 e. The van der Waals surface area contributed by atoms with E-state index in [1.807, 2.05) is 6.07 Å². The van der Waals surface area contributed by atoms with E-state index in [0.717, 1.165) is 0 Å². The van der Waals surface area contributed by atoms with Gasteiger partial charge in [-0.05, 0) is 24.3 Å². The van der Waals surface area contributed by atoms with Crippen molar-refractivity contribution in [1.82, 2.24) is 0 Å². The maximum Gasteiger partial charge on any atom is 0.269 e. The summed E-state index contributed by atoms with van der Waals surface area (Å²) in [5.41, 5.74) is 0.361. The normalized spacial score (nSPS) is 16.2. The number of halogens is 2. The number of rotatable bonds is 2. The largest absolute Gasteiger partial charge is 0.505 e. The monoisotopic (exact) mass is 339 g/mol. The van der Waals surface area contributed by atoms with Crippen molar-refractivity contribution in [2.45, 2.75) is 6.10 Å². The van der Waals surface area contributed by atoms with Gasteiger partial charge < -0.3 is 19.9 Å². The van der Waals surface area contributed by atoms with E-state index in [4.69, 9.17) is 32.7 Å². The third-order valence-electron chi connectivity index (χ3n) is 3.09. The fourth-order valence-electron chi connectivity index (χ4n) is 2.01. The predicted octanol–water partition coefficient (Wildman–Crippen LogP) is 3.48. The first kappa shape index (κ1) is 14.8. The van der Waals surface area contributed by atoms with Gasteiger partial charge in [0.2, 0.25) is 6.10 Å². The summed E-state index contributed by atoms with van der Waals surface area (Å²) in [7, 11) is 0. The van der Waals surface area contributed by atoms with Gasteiger partial charge in [-0.1, -0.05) is 35.3 Å². The zero-order valence-electron chi connectivity index (χ0n) is 11.2. The van der Waals surface area contributed by atoms with E-state index in [0.29, 0.717) is 17.2 Å². The molecule has 2 aromatic carbocycles. The predicted molar refractivity (Wildman–Crippen MR) is 83.1 cm³/mol. The second-order valence-electron chi connectivity index (χ2n) is 4.64. The van der Waals surface area contributed by atoms with Crippen LogP contribution in [0.3, 0.4) is 0 Å². The standard InChI is InChI=1S/C15H11Cl2NO4/c16-9-5-8(6-10(17)14(9)19)18-15(20)13-7-21-11-3-1-2-4-12(11)22-13/h1-6,13,19H,7H2,(H,18,20). The number of benzene rings is 2. The Hall–Kier alpha value is -2.11. The number of fused-ring (bicyclic) bond motifs is 1. The minimum absolute atomic E-state index is 0.0500. The Labute approximate surface area is 136 Å². The zero-order chi connectivity index (χ0) is 15.7. The topological polar surface area (TPSA) is 67.8 Å². The summed E-state index contributed by atoms with van der Waals surface area (Å²) >= 11 is 11.6. The fourth-order valence-corrected chi connectivity index (χ4v) is 2.50. The summed E-state index contributed by atoms with van der Waals surface area (Å²) in [6.45, 7) is 0.0996. The van der Waals surface area contributed by atoms with Crippen LogP contribution in [-0.2, 0) is 4.79 Å². The molecule has 1 aliphatic rings. The molecule has 0 aromatic heterocycles. The van der Waals surface area contributed by atoms with Crippen LogP contribution in [-0.4, -0.2) is 23.7 Å². The Bertz CT molecular complexity index is 712. The van der Waals surface area contributed by atoms with Gasteiger partial charge >= 0.3 is 0 Å². The molecule has 1 atom stereocenters. The number of para-hydroxylation sites is 2. The van der Waals surface area contributed by atoms with E-state index < -0.39 is 12.0 Å². The van der Waals surface area contributed by atoms with Crippen LogP contribution in [0.15, 0.2) is 36.4 Å². The molecular weight excluding hydrogens is 329 g/mol. The van der Waals surface area contributed by atoms with Crippen molar-refractivity contribution in [1.29, 1.82) is 0 Å². The average Bonchev–Trinajstić information content (AvgIpc) is 2.52. The van der Waals surface area contributed by atoms with Crippen molar-refractivity contribution < 1.29 is 19.4 Å². The molecule has 0 spiro atoms. The molecule has 5 nitrogen and oxygen atoms in total. The molecule has 1 unspecified atom stereocenters. The molecular formula is C15H11Cl2NO4. The Morgan fingerprint density at radius 2 is 1.82 bits per heavy atom. The Morgan fingerprint density at radius 3 is 2.50 bits per heavy atom. The molecule has 1 aliphatic heterocycles. The number of phenolic OH excluding ortho intramolecular Hbond substituents is 1. The first-order valence-electron chi connectivity index (χ1n) is 6.42. The molecule has 2 aromatic rings. The summed E-state index contributed by atoms with van der Waals surface area (Å²) in [6, 6.07) is 9.91. The second kappa shape index (κ2) is 5.94. The molecule has 114 valence electrons. The van der Waals surface area contributed by atoms with Crippen LogP contribution < -0.4 is 14.8 Å². The van der Waals surface area contributed by atoms with Crippen molar-refractivity contribution in [2.24, 2.45) is 0 Å².